The minimum Gasteiger partial charge on any atom is -0.480 e. The molecule has 88 valence electrons. The van der Waals surface area contributed by atoms with Gasteiger partial charge in [-0.3, -0.25) is 4.79 Å². The highest BCUT2D eigenvalue weighted by atomic mass is 16.5. The van der Waals surface area contributed by atoms with E-state index in [-0.39, 0.29) is 11.6 Å². The molecule has 0 aromatic carbocycles. The van der Waals surface area contributed by atoms with Crippen molar-refractivity contribution in [2.75, 3.05) is 0 Å². The molecule has 0 saturated heterocycles. The molecule has 0 aliphatic rings. The molecule has 1 amide bonds. The van der Waals surface area contributed by atoms with E-state index in [1.54, 1.807) is 13.8 Å². The van der Waals surface area contributed by atoms with Crippen molar-refractivity contribution in [3.05, 3.63) is 18.0 Å². The van der Waals surface area contributed by atoms with Crippen molar-refractivity contribution in [1.29, 1.82) is 0 Å². The Labute approximate surface area is 92.6 Å². The van der Waals surface area contributed by atoms with Crippen LogP contribution in [0.3, 0.4) is 0 Å². The highest BCUT2D eigenvalue weighted by Gasteiger charge is 2.38. The zero-order valence-corrected chi connectivity index (χ0v) is 9.35. The van der Waals surface area contributed by atoms with Gasteiger partial charge >= 0.3 is 5.97 Å². The van der Waals surface area contributed by atoms with Gasteiger partial charge in [0.2, 0.25) is 0 Å². The predicted octanol–water partition coefficient (Wildman–Crippen LogP) is 0.904. The van der Waals surface area contributed by atoms with Crippen LogP contribution in [-0.2, 0) is 4.79 Å². The molecule has 0 aliphatic carbocycles. The number of hydrogen-bond donors (Lipinski definition) is 2. The van der Waals surface area contributed by atoms with Crippen LogP contribution < -0.4 is 5.32 Å². The number of carbonyl (C=O) groups is 2. The summed E-state index contributed by atoms with van der Waals surface area (Å²) in [6, 6.07) is 1.37. The Morgan fingerprint density at radius 3 is 2.56 bits per heavy atom. The van der Waals surface area contributed by atoms with Gasteiger partial charge in [-0.25, -0.2) is 4.79 Å². The van der Waals surface area contributed by atoms with E-state index < -0.39 is 17.4 Å². The zero-order chi connectivity index (χ0) is 12.3. The van der Waals surface area contributed by atoms with E-state index in [0.717, 1.165) is 0 Å². The Hall–Kier alpha value is -1.85. The molecule has 2 N–H and O–H groups in total. The summed E-state index contributed by atoms with van der Waals surface area (Å²) in [5.74, 6) is -1.90. The Morgan fingerprint density at radius 2 is 2.19 bits per heavy atom. The maximum absolute atomic E-state index is 11.6. The topological polar surface area (TPSA) is 92.4 Å². The van der Waals surface area contributed by atoms with Gasteiger partial charge in [0.25, 0.3) is 5.91 Å². The summed E-state index contributed by atoms with van der Waals surface area (Å²) in [7, 11) is 0. The second-order valence-corrected chi connectivity index (χ2v) is 4.00. The van der Waals surface area contributed by atoms with Crippen LogP contribution in [-0.4, -0.2) is 27.7 Å². The quantitative estimate of drug-likeness (QED) is 0.795. The molecule has 1 aromatic heterocycles. The van der Waals surface area contributed by atoms with Crippen LogP contribution in [0, 0.1) is 5.92 Å². The molecular formula is C10H14N2O4. The van der Waals surface area contributed by atoms with E-state index in [2.05, 4.69) is 15.0 Å². The van der Waals surface area contributed by atoms with Gasteiger partial charge in [0.15, 0.2) is 5.69 Å². The molecule has 1 rings (SSSR count). The first kappa shape index (κ1) is 12.2. The van der Waals surface area contributed by atoms with Crippen LogP contribution in [0.25, 0.3) is 0 Å². The average molecular weight is 226 g/mol. The largest absolute Gasteiger partial charge is 0.480 e. The van der Waals surface area contributed by atoms with Crippen molar-refractivity contribution in [3.8, 4) is 0 Å². The van der Waals surface area contributed by atoms with Gasteiger partial charge in [-0.15, -0.1) is 0 Å². The van der Waals surface area contributed by atoms with Gasteiger partial charge in [-0.2, -0.15) is 0 Å². The van der Waals surface area contributed by atoms with Gasteiger partial charge in [0.1, 0.15) is 11.8 Å². The normalized spacial score (nSPS) is 14.5. The fraction of sp³-hybridized carbons (Fsp3) is 0.500. The van der Waals surface area contributed by atoms with E-state index in [0.29, 0.717) is 0 Å². The number of rotatable bonds is 4. The lowest BCUT2D eigenvalue weighted by Crippen LogP contribution is -2.55. The van der Waals surface area contributed by atoms with E-state index >= 15 is 0 Å². The number of amides is 1. The number of aliphatic carboxylic acids is 1. The lowest BCUT2D eigenvalue weighted by atomic mass is 9.88. The highest BCUT2D eigenvalue weighted by Crippen LogP contribution is 2.17. The molecule has 6 nitrogen and oxygen atoms in total. The SMILES string of the molecule is CC(C)C(C)(NC(=O)c1ccon1)C(=O)O. The van der Waals surface area contributed by atoms with Gasteiger partial charge in [0, 0.05) is 6.07 Å². The van der Waals surface area contributed by atoms with Crippen molar-refractivity contribution in [3.63, 3.8) is 0 Å². The molecule has 16 heavy (non-hydrogen) atoms. The molecule has 1 unspecified atom stereocenters. The van der Waals surface area contributed by atoms with Crippen LogP contribution in [0.4, 0.5) is 0 Å². The van der Waals surface area contributed by atoms with E-state index in [1.165, 1.54) is 19.3 Å². The summed E-state index contributed by atoms with van der Waals surface area (Å²) in [4.78, 5) is 22.7. The summed E-state index contributed by atoms with van der Waals surface area (Å²) in [6.07, 6.45) is 1.25. The number of nitrogens with one attached hydrogen (secondary N) is 1. The van der Waals surface area contributed by atoms with E-state index in [4.69, 9.17) is 5.11 Å². The average Bonchev–Trinajstić information content (AvgIpc) is 2.69. The van der Waals surface area contributed by atoms with Crippen LogP contribution in [0.1, 0.15) is 31.3 Å². The van der Waals surface area contributed by atoms with Crippen molar-refractivity contribution in [1.82, 2.24) is 10.5 Å². The Bertz CT molecular complexity index is 386. The Balaban J connectivity index is 2.86. The van der Waals surface area contributed by atoms with Crippen LogP contribution in [0.2, 0.25) is 0 Å². The Morgan fingerprint density at radius 1 is 1.56 bits per heavy atom. The van der Waals surface area contributed by atoms with Crippen LogP contribution in [0.5, 0.6) is 0 Å². The third-order valence-electron chi connectivity index (χ3n) is 2.64. The first-order valence-corrected chi connectivity index (χ1v) is 4.84. The number of hydrogen-bond acceptors (Lipinski definition) is 4. The fourth-order valence-electron chi connectivity index (χ4n) is 1.07. The van der Waals surface area contributed by atoms with Crippen LogP contribution >= 0.6 is 0 Å². The highest BCUT2D eigenvalue weighted by molar-refractivity contribution is 5.96. The second kappa shape index (κ2) is 4.34. The lowest BCUT2D eigenvalue weighted by Gasteiger charge is -2.29. The van der Waals surface area contributed by atoms with E-state index in [9.17, 15) is 9.59 Å². The molecule has 1 heterocycles. The van der Waals surface area contributed by atoms with E-state index in [1.807, 2.05) is 0 Å². The molecule has 0 aliphatic heterocycles. The third kappa shape index (κ3) is 2.21. The van der Waals surface area contributed by atoms with Crippen molar-refractivity contribution >= 4 is 11.9 Å². The second-order valence-electron chi connectivity index (χ2n) is 4.00. The minimum absolute atomic E-state index is 0.0631. The van der Waals surface area contributed by atoms with Crippen molar-refractivity contribution in [2.24, 2.45) is 5.92 Å². The molecule has 0 saturated carbocycles. The van der Waals surface area contributed by atoms with Gasteiger partial charge in [0.05, 0.1) is 0 Å². The minimum atomic E-state index is -1.32. The molecule has 0 bridgehead atoms. The summed E-state index contributed by atoms with van der Waals surface area (Å²) in [6.45, 7) is 4.90. The summed E-state index contributed by atoms with van der Waals surface area (Å²) in [5.41, 5.74) is -1.26. The standard InChI is InChI=1S/C10H14N2O4/c1-6(2)10(3,9(14)15)11-8(13)7-4-5-16-12-7/h4-6H,1-3H3,(H,11,13)(H,14,15). The summed E-state index contributed by atoms with van der Waals surface area (Å²) >= 11 is 0. The maximum Gasteiger partial charge on any atom is 0.329 e. The number of carbonyl (C=O) groups excluding carboxylic acids is 1. The monoisotopic (exact) mass is 226 g/mol. The molecule has 0 fully saturated rings. The van der Waals surface area contributed by atoms with Gasteiger partial charge in [-0.05, 0) is 12.8 Å². The zero-order valence-electron chi connectivity index (χ0n) is 9.35. The Kier molecular flexibility index (Phi) is 3.31. The van der Waals surface area contributed by atoms with Crippen LogP contribution in [0.15, 0.2) is 16.9 Å². The lowest BCUT2D eigenvalue weighted by molar-refractivity contribution is -0.145. The summed E-state index contributed by atoms with van der Waals surface area (Å²) in [5, 5.41) is 15.0. The molecule has 1 atom stereocenters. The van der Waals surface area contributed by atoms with Crippen molar-refractivity contribution in [2.45, 2.75) is 26.3 Å². The number of aromatic nitrogens is 1. The van der Waals surface area contributed by atoms with Gasteiger partial charge < -0.3 is 14.9 Å². The smallest absolute Gasteiger partial charge is 0.329 e. The third-order valence-corrected chi connectivity index (χ3v) is 2.64. The summed E-state index contributed by atoms with van der Waals surface area (Å²) < 4.78 is 4.51. The maximum atomic E-state index is 11.6. The number of carboxylic acid groups (broad SMARTS) is 1. The molecule has 6 heteroatoms. The molecular weight excluding hydrogens is 212 g/mol. The van der Waals surface area contributed by atoms with Gasteiger partial charge in [-0.1, -0.05) is 19.0 Å². The number of carboxylic acids is 1. The molecule has 1 aromatic rings. The fourth-order valence-corrected chi connectivity index (χ4v) is 1.07. The first-order valence-electron chi connectivity index (χ1n) is 4.84. The molecule has 0 radical (unpaired) electrons. The molecule has 0 spiro atoms. The number of nitrogens with zero attached hydrogens (tertiary/aromatic N) is 1. The predicted molar refractivity (Wildman–Crippen MR) is 54.8 cm³/mol. The first-order chi connectivity index (χ1) is 7.38. The van der Waals surface area contributed by atoms with Crippen molar-refractivity contribution < 1.29 is 19.2 Å².